The molecule has 0 bridgehead atoms. The second-order valence-electron chi connectivity index (χ2n) is 5.02. The van der Waals surface area contributed by atoms with Crippen molar-refractivity contribution >= 4 is 0 Å². The smallest absolute Gasteiger partial charge is 0.120 e. The summed E-state index contributed by atoms with van der Waals surface area (Å²) in [5.41, 5.74) is 2.08. The first kappa shape index (κ1) is 12.4. The van der Waals surface area contributed by atoms with E-state index in [2.05, 4.69) is 5.32 Å². The molecule has 1 aromatic rings. The van der Waals surface area contributed by atoms with Crippen LogP contribution in [0.1, 0.15) is 30.4 Å². The second-order valence-corrected chi connectivity index (χ2v) is 5.02. The lowest BCUT2D eigenvalue weighted by Crippen LogP contribution is -2.27. The van der Waals surface area contributed by atoms with Crippen LogP contribution in [0.25, 0.3) is 0 Å². The first-order valence-electron chi connectivity index (χ1n) is 6.34. The molecule has 17 heavy (non-hydrogen) atoms. The zero-order valence-electron chi connectivity index (χ0n) is 10.3. The van der Waals surface area contributed by atoms with Crippen LogP contribution in [0, 0.1) is 12.8 Å². The van der Waals surface area contributed by atoms with Gasteiger partial charge in [-0.1, -0.05) is 24.1 Å². The van der Waals surface area contributed by atoms with E-state index in [-0.39, 0.29) is 6.10 Å². The van der Waals surface area contributed by atoms with Gasteiger partial charge in [-0.25, -0.2) is 0 Å². The van der Waals surface area contributed by atoms with Gasteiger partial charge in [-0.05, 0) is 31.7 Å². The number of hydrogen-bond acceptors (Lipinski definition) is 3. The number of aromatic hydroxyl groups is 1. The van der Waals surface area contributed by atoms with E-state index in [4.69, 9.17) is 0 Å². The summed E-state index contributed by atoms with van der Waals surface area (Å²) in [4.78, 5) is 0. The fraction of sp³-hybridized carbons (Fsp3) is 0.571. The maximum atomic E-state index is 9.70. The number of phenolic OH excluding ortho intramolecular Hbond substituents is 1. The van der Waals surface area contributed by atoms with E-state index in [0.717, 1.165) is 36.9 Å². The highest BCUT2D eigenvalue weighted by atomic mass is 16.3. The van der Waals surface area contributed by atoms with Crippen LogP contribution in [0.3, 0.4) is 0 Å². The lowest BCUT2D eigenvalue weighted by Gasteiger charge is -2.15. The van der Waals surface area contributed by atoms with Gasteiger partial charge in [-0.3, -0.25) is 0 Å². The molecule has 0 amide bonds. The largest absolute Gasteiger partial charge is 0.508 e. The minimum Gasteiger partial charge on any atom is -0.508 e. The molecule has 1 fully saturated rings. The Bertz CT molecular complexity index is 378. The van der Waals surface area contributed by atoms with Crippen LogP contribution in [-0.2, 0) is 6.54 Å². The summed E-state index contributed by atoms with van der Waals surface area (Å²) in [7, 11) is 0. The van der Waals surface area contributed by atoms with Crippen LogP contribution in [-0.4, -0.2) is 22.9 Å². The van der Waals surface area contributed by atoms with Crippen molar-refractivity contribution in [1.29, 1.82) is 0 Å². The molecule has 1 aliphatic rings. The number of aliphatic hydroxyl groups is 1. The van der Waals surface area contributed by atoms with E-state index in [9.17, 15) is 10.2 Å². The summed E-state index contributed by atoms with van der Waals surface area (Å²) >= 11 is 0. The van der Waals surface area contributed by atoms with Gasteiger partial charge in [0.15, 0.2) is 0 Å². The molecule has 2 atom stereocenters. The standard InChI is InChI=1S/C14H21NO2/c1-10-5-6-14(17)12(7-10)9-15-8-11-3-2-4-13(11)16/h5-7,11,13,15-17H,2-4,8-9H2,1H3. The van der Waals surface area contributed by atoms with Crippen molar-refractivity contribution in [3.05, 3.63) is 29.3 Å². The number of benzene rings is 1. The van der Waals surface area contributed by atoms with Crippen LogP contribution in [0.2, 0.25) is 0 Å². The zero-order valence-corrected chi connectivity index (χ0v) is 10.3. The Hall–Kier alpha value is -1.06. The third kappa shape index (κ3) is 3.20. The van der Waals surface area contributed by atoms with Gasteiger partial charge in [0, 0.05) is 18.7 Å². The number of rotatable bonds is 4. The van der Waals surface area contributed by atoms with Crippen LogP contribution >= 0.6 is 0 Å². The molecule has 94 valence electrons. The number of aliphatic hydroxyl groups excluding tert-OH is 1. The minimum atomic E-state index is -0.145. The maximum absolute atomic E-state index is 9.70. The molecular weight excluding hydrogens is 214 g/mol. The summed E-state index contributed by atoms with van der Waals surface area (Å²) in [5.74, 6) is 0.719. The number of phenols is 1. The highest BCUT2D eigenvalue weighted by molar-refractivity contribution is 5.35. The first-order valence-corrected chi connectivity index (χ1v) is 6.34. The van der Waals surface area contributed by atoms with Crippen molar-refractivity contribution in [1.82, 2.24) is 5.32 Å². The zero-order chi connectivity index (χ0) is 12.3. The molecule has 1 aliphatic carbocycles. The van der Waals surface area contributed by atoms with E-state index >= 15 is 0 Å². The Kier molecular flexibility index (Phi) is 4.02. The van der Waals surface area contributed by atoms with Crippen molar-refractivity contribution in [3.8, 4) is 5.75 Å². The molecule has 3 nitrogen and oxygen atoms in total. The second kappa shape index (κ2) is 5.52. The summed E-state index contributed by atoms with van der Waals surface area (Å²) in [6.45, 7) is 3.51. The van der Waals surface area contributed by atoms with Gasteiger partial charge >= 0.3 is 0 Å². The molecule has 0 radical (unpaired) electrons. The van der Waals surface area contributed by atoms with Gasteiger partial charge in [-0.15, -0.1) is 0 Å². The Morgan fingerprint density at radius 1 is 1.35 bits per heavy atom. The molecule has 0 saturated heterocycles. The third-order valence-corrected chi connectivity index (χ3v) is 3.58. The van der Waals surface area contributed by atoms with E-state index in [0.29, 0.717) is 18.2 Å². The van der Waals surface area contributed by atoms with Gasteiger partial charge in [0.2, 0.25) is 0 Å². The van der Waals surface area contributed by atoms with E-state index in [1.807, 2.05) is 19.1 Å². The predicted octanol–water partition coefficient (Wildman–Crippen LogP) is 1.95. The van der Waals surface area contributed by atoms with Crippen LogP contribution in [0.15, 0.2) is 18.2 Å². The molecule has 2 unspecified atom stereocenters. The molecule has 0 aliphatic heterocycles. The van der Waals surface area contributed by atoms with Gasteiger partial charge < -0.3 is 15.5 Å². The summed E-state index contributed by atoms with van der Waals surface area (Å²) in [6, 6.07) is 5.63. The summed E-state index contributed by atoms with van der Waals surface area (Å²) in [6.07, 6.45) is 3.02. The molecular formula is C14H21NO2. The average molecular weight is 235 g/mol. The fourth-order valence-electron chi connectivity index (χ4n) is 2.50. The van der Waals surface area contributed by atoms with Gasteiger partial charge in [0.05, 0.1) is 6.10 Å². The van der Waals surface area contributed by atoms with Crippen LogP contribution in [0.4, 0.5) is 0 Å². The third-order valence-electron chi connectivity index (χ3n) is 3.58. The molecule has 0 aromatic heterocycles. The molecule has 0 spiro atoms. The van der Waals surface area contributed by atoms with Gasteiger partial charge in [-0.2, -0.15) is 0 Å². The quantitative estimate of drug-likeness (QED) is 0.747. The average Bonchev–Trinajstić information content (AvgIpc) is 2.70. The molecule has 1 aromatic carbocycles. The van der Waals surface area contributed by atoms with Crippen molar-refractivity contribution in [2.45, 2.75) is 38.8 Å². The molecule has 1 saturated carbocycles. The Labute approximate surface area is 102 Å². The summed E-state index contributed by atoms with van der Waals surface area (Å²) < 4.78 is 0. The van der Waals surface area contributed by atoms with Crippen molar-refractivity contribution in [2.24, 2.45) is 5.92 Å². The Balaban J connectivity index is 1.83. The SMILES string of the molecule is Cc1ccc(O)c(CNCC2CCCC2O)c1. The number of aryl methyl sites for hydroxylation is 1. The monoisotopic (exact) mass is 235 g/mol. The Morgan fingerprint density at radius 3 is 2.88 bits per heavy atom. The lowest BCUT2D eigenvalue weighted by atomic mass is 10.1. The molecule has 2 rings (SSSR count). The van der Waals surface area contributed by atoms with E-state index in [1.165, 1.54) is 0 Å². The van der Waals surface area contributed by atoms with Crippen molar-refractivity contribution in [2.75, 3.05) is 6.54 Å². The van der Waals surface area contributed by atoms with E-state index < -0.39 is 0 Å². The lowest BCUT2D eigenvalue weighted by molar-refractivity contribution is 0.131. The first-order chi connectivity index (χ1) is 8.16. The number of hydrogen-bond donors (Lipinski definition) is 3. The minimum absolute atomic E-state index is 0.145. The van der Waals surface area contributed by atoms with Crippen LogP contribution < -0.4 is 5.32 Å². The Morgan fingerprint density at radius 2 is 2.18 bits per heavy atom. The number of nitrogens with one attached hydrogen (secondary N) is 1. The van der Waals surface area contributed by atoms with Crippen molar-refractivity contribution < 1.29 is 10.2 Å². The molecule has 3 heteroatoms. The highest BCUT2D eigenvalue weighted by Gasteiger charge is 2.24. The van der Waals surface area contributed by atoms with Gasteiger partial charge in [0.25, 0.3) is 0 Å². The normalized spacial score (nSPS) is 24.1. The fourth-order valence-corrected chi connectivity index (χ4v) is 2.50. The highest BCUT2D eigenvalue weighted by Crippen LogP contribution is 2.25. The summed E-state index contributed by atoms with van der Waals surface area (Å²) in [5, 5.41) is 22.7. The van der Waals surface area contributed by atoms with Gasteiger partial charge in [0.1, 0.15) is 5.75 Å². The van der Waals surface area contributed by atoms with Crippen LogP contribution in [0.5, 0.6) is 5.75 Å². The van der Waals surface area contributed by atoms with E-state index in [1.54, 1.807) is 6.07 Å². The van der Waals surface area contributed by atoms with Crippen molar-refractivity contribution in [3.63, 3.8) is 0 Å². The topological polar surface area (TPSA) is 52.5 Å². The maximum Gasteiger partial charge on any atom is 0.120 e. The predicted molar refractivity (Wildman–Crippen MR) is 67.9 cm³/mol. The molecule has 3 N–H and O–H groups in total. The molecule has 0 heterocycles.